The molecule has 6 heteroatoms. The molecule has 2 rings (SSSR count). The first-order chi connectivity index (χ1) is 13.0. The number of anilines is 2. The first-order valence-corrected chi connectivity index (χ1v) is 10.4. The number of benzene rings is 2. The first kappa shape index (κ1) is 22.3. The van der Waals surface area contributed by atoms with Crippen LogP contribution in [0.3, 0.4) is 0 Å². The number of carbonyl (C=O) groups is 2. The molecule has 4 nitrogen and oxygen atoms in total. The largest absolute Gasteiger partial charge is 0.326 e. The summed E-state index contributed by atoms with van der Waals surface area (Å²) in [5.41, 5.74) is 2.28. The Kier molecular flexibility index (Phi) is 7.55. The van der Waals surface area contributed by atoms with Crippen molar-refractivity contribution in [2.45, 2.75) is 51.2 Å². The Morgan fingerprint density at radius 3 is 2.32 bits per heavy atom. The molecule has 2 aromatic carbocycles. The van der Waals surface area contributed by atoms with Gasteiger partial charge in [-0.3, -0.25) is 9.59 Å². The zero-order valence-electron chi connectivity index (χ0n) is 16.9. The molecule has 1 atom stereocenters. The molecule has 0 aliphatic carbocycles. The molecule has 0 saturated carbocycles. The van der Waals surface area contributed by atoms with Crippen LogP contribution in [0.15, 0.2) is 47.4 Å². The van der Waals surface area contributed by atoms with E-state index in [4.69, 9.17) is 11.6 Å². The molecule has 0 radical (unpaired) electrons. The molecule has 0 aromatic heterocycles. The third-order valence-corrected chi connectivity index (χ3v) is 5.56. The lowest BCUT2D eigenvalue weighted by Gasteiger charge is -2.17. The Morgan fingerprint density at radius 1 is 1.07 bits per heavy atom. The lowest BCUT2D eigenvalue weighted by atomic mass is 9.92. The van der Waals surface area contributed by atoms with Gasteiger partial charge in [-0.05, 0) is 61.2 Å². The van der Waals surface area contributed by atoms with Gasteiger partial charge in [-0.15, -0.1) is 11.8 Å². The average molecular weight is 419 g/mol. The van der Waals surface area contributed by atoms with E-state index in [2.05, 4.69) is 10.6 Å². The highest BCUT2D eigenvalue weighted by molar-refractivity contribution is 8.00. The van der Waals surface area contributed by atoms with Gasteiger partial charge in [0.05, 0.1) is 5.25 Å². The predicted octanol–water partition coefficient (Wildman–Crippen LogP) is 6.14. The molecule has 28 heavy (non-hydrogen) atoms. The van der Waals surface area contributed by atoms with Gasteiger partial charge in [0.2, 0.25) is 11.8 Å². The van der Waals surface area contributed by atoms with Crippen molar-refractivity contribution in [2.75, 3.05) is 10.6 Å². The van der Waals surface area contributed by atoms with Gasteiger partial charge < -0.3 is 10.6 Å². The summed E-state index contributed by atoms with van der Waals surface area (Å²) in [5.74, 6) is -0.0875. The van der Waals surface area contributed by atoms with Crippen LogP contribution in [0.5, 0.6) is 0 Å². The van der Waals surface area contributed by atoms with Gasteiger partial charge in [0.1, 0.15) is 0 Å². The van der Waals surface area contributed by atoms with Gasteiger partial charge in [0.25, 0.3) is 0 Å². The minimum absolute atomic E-state index is 0.00228. The monoisotopic (exact) mass is 418 g/mol. The van der Waals surface area contributed by atoms with Crippen molar-refractivity contribution in [1.29, 1.82) is 0 Å². The maximum Gasteiger partial charge on any atom is 0.237 e. The smallest absolute Gasteiger partial charge is 0.237 e. The molecule has 2 N–H and O–H groups in total. The van der Waals surface area contributed by atoms with Crippen LogP contribution < -0.4 is 10.6 Å². The number of amides is 2. The van der Waals surface area contributed by atoms with E-state index in [1.165, 1.54) is 11.8 Å². The lowest BCUT2D eigenvalue weighted by Crippen LogP contribution is -2.22. The standard InChI is InChI=1S/C22H27ClN2O2S/c1-14-18(23)7-6-8-19(14)25-21(27)15(2)28-17-11-9-16(10-12-17)24-20(26)13-22(3,4)5/h6-12,15H,13H2,1-5H3,(H,24,26)(H,25,27). The summed E-state index contributed by atoms with van der Waals surface area (Å²) in [6.45, 7) is 9.83. The fraction of sp³-hybridized carbons (Fsp3) is 0.364. The molecule has 0 fully saturated rings. The Labute approximate surface area is 176 Å². The molecular formula is C22H27ClN2O2S. The van der Waals surface area contributed by atoms with E-state index in [1.54, 1.807) is 6.07 Å². The van der Waals surface area contributed by atoms with Crippen LogP contribution in [0.25, 0.3) is 0 Å². The SMILES string of the molecule is Cc1c(Cl)cccc1NC(=O)C(C)Sc1ccc(NC(=O)CC(C)(C)C)cc1. The topological polar surface area (TPSA) is 58.2 Å². The van der Waals surface area contributed by atoms with E-state index in [9.17, 15) is 9.59 Å². The number of hydrogen-bond donors (Lipinski definition) is 2. The van der Waals surface area contributed by atoms with E-state index in [0.717, 1.165) is 21.8 Å². The lowest BCUT2D eigenvalue weighted by molar-refractivity contribution is -0.118. The van der Waals surface area contributed by atoms with E-state index in [1.807, 2.05) is 71.0 Å². The molecule has 0 heterocycles. The van der Waals surface area contributed by atoms with Crippen molar-refractivity contribution in [2.24, 2.45) is 5.41 Å². The van der Waals surface area contributed by atoms with Crippen molar-refractivity contribution in [3.63, 3.8) is 0 Å². The number of rotatable bonds is 6. The highest BCUT2D eigenvalue weighted by Crippen LogP contribution is 2.28. The number of carbonyl (C=O) groups excluding carboxylic acids is 2. The third kappa shape index (κ3) is 6.88. The molecule has 2 aromatic rings. The molecule has 2 amide bonds. The zero-order valence-corrected chi connectivity index (χ0v) is 18.5. The number of thioether (sulfide) groups is 1. The number of nitrogens with one attached hydrogen (secondary N) is 2. The van der Waals surface area contributed by atoms with Crippen LogP contribution >= 0.6 is 23.4 Å². The molecule has 0 aliphatic rings. The Morgan fingerprint density at radius 2 is 1.71 bits per heavy atom. The molecule has 0 bridgehead atoms. The second kappa shape index (κ2) is 9.48. The summed E-state index contributed by atoms with van der Waals surface area (Å²) in [7, 11) is 0. The minimum Gasteiger partial charge on any atom is -0.326 e. The summed E-state index contributed by atoms with van der Waals surface area (Å²) in [6, 6.07) is 13.0. The van der Waals surface area contributed by atoms with E-state index in [0.29, 0.717) is 11.4 Å². The van der Waals surface area contributed by atoms with Gasteiger partial charge >= 0.3 is 0 Å². The average Bonchev–Trinajstić information content (AvgIpc) is 2.59. The van der Waals surface area contributed by atoms with Gasteiger partial charge in [-0.1, -0.05) is 38.4 Å². The van der Waals surface area contributed by atoms with Gasteiger partial charge in [-0.2, -0.15) is 0 Å². The Hall–Kier alpha value is -1.98. The van der Waals surface area contributed by atoms with E-state index >= 15 is 0 Å². The Balaban J connectivity index is 1.93. The third-order valence-electron chi connectivity index (χ3n) is 4.04. The Bertz CT molecular complexity index is 845. The highest BCUT2D eigenvalue weighted by atomic mass is 35.5. The van der Waals surface area contributed by atoms with Gasteiger partial charge in [0, 0.05) is 27.7 Å². The predicted molar refractivity (Wildman–Crippen MR) is 119 cm³/mol. The van der Waals surface area contributed by atoms with Crippen LogP contribution in [-0.2, 0) is 9.59 Å². The van der Waals surface area contributed by atoms with Crippen LogP contribution in [-0.4, -0.2) is 17.1 Å². The maximum atomic E-state index is 12.5. The van der Waals surface area contributed by atoms with Crippen molar-refractivity contribution in [3.05, 3.63) is 53.1 Å². The molecule has 150 valence electrons. The highest BCUT2D eigenvalue weighted by Gasteiger charge is 2.17. The molecule has 1 unspecified atom stereocenters. The summed E-state index contributed by atoms with van der Waals surface area (Å²) >= 11 is 7.57. The summed E-state index contributed by atoms with van der Waals surface area (Å²) in [5, 5.41) is 6.18. The second-order valence-electron chi connectivity index (χ2n) is 7.97. The van der Waals surface area contributed by atoms with Crippen molar-refractivity contribution in [1.82, 2.24) is 0 Å². The van der Waals surface area contributed by atoms with E-state index in [-0.39, 0.29) is 22.5 Å². The van der Waals surface area contributed by atoms with Crippen LogP contribution in [0, 0.1) is 12.3 Å². The number of halogens is 1. The molecule has 0 spiro atoms. The second-order valence-corrected chi connectivity index (χ2v) is 9.79. The van der Waals surface area contributed by atoms with Crippen LogP contribution in [0.1, 0.15) is 39.7 Å². The maximum absolute atomic E-state index is 12.5. The van der Waals surface area contributed by atoms with E-state index < -0.39 is 0 Å². The van der Waals surface area contributed by atoms with Gasteiger partial charge in [-0.25, -0.2) is 0 Å². The van der Waals surface area contributed by atoms with Gasteiger partial charge in [0.15, 0.2) is 0 Å². The summed E-state index contributed by atoms with van der Waals surface area (Å²) in [6.07, 6.45) is 0.462. The zero-order chi connectivity index (χ0) is 20.9. The van der Waals surface area contributed by atoms with Crippen molar-refractivity contribution >= 4 is 46.6 Å². The van der Waals surface area contributed by atoms with Crippen LogP contribution in [0.4, 0.5) is 11.4 Å². The minimum atomic E-state index is -0.278. The van der Waals surface area contributed by atoms with Crippen LogP contribution in [0.2, 0.25) is 5.02 Å². The fourth-order valence-electron chi connectivity index (χ4n) is 2.54. The quantitative estimate of drug-likeness (QED) is 0.553. The normalized spacial score (nSPS) is 12.4. The van der Waals surface area contributed by atoms with Crippen molar-refractivity contribution < 1.29 is 9.59 Å². The number of hydrogen-bond acceptors (Lipinski definition) is 3. The molecule has 0 saturated heterocycles. The summed E-state index contributed by atoms with van der Waals surface area (Å²) in [4.78, 5) is 25.5. The summed E-state index contributed by atoms with van der Waals surface area (Å²) < 4.78 is 0. The van der Waals surface area contributed by atoms with Crippen molar-refractivity contribution in [3.8, 4) is 0 Å². The molecular weight excluding hydrogens is 392 g/mol. The molecule has 0 aliphatic heterocycles. The fourth-order valence-corrected chi connectivity index (χ4v) is 3.58. The first-order valence-electron chi connectivity index (χ1n) is 9.18.